The smallest absolute Gasteiger partial charge is 0.250 e. The van der Waals surface area contributed by atoms with Gasteiger partial charge < -0.3 is 9.47 Å². The summed E-state index contributed by atoms with van der Waals surface area (Å²) in [5, 5.41) is 13.4. The summed E-state index contributed by atoms with van der Waals surface area (Å²) >= 11 is 1.28. The number of benzene rings is 3. The molecule has 4 aromatic rings. The molecule has 0 fully saturated rings. The second-order valence-corrected chi connectivity index (χ2v) is 7.97. The fourth-order valence-electron chi connectivity index (χ4n) is 3.21. The van der Waals surface area contributed by atoms with Crippen LogP contribution in [0.2, 0.25) is 0 Å². The molecule has 1 N–H and O–H groups in total. The van der Waals surface area contributed by atoms with Crippen molar-refractivity contribution in [1.29, 1.82) is 0 Å². The Hall–Kier alpha value is -4.11. The van der Waals surface area contributed by atoms with E-state index in [1.165, 1.54) is 11.8 Å². The van der Waals surface area contributed by atoms with E-state index in [2.05, 4.69) is 20.7 Å². The summed E-state index contributed by atoms with van der Waals surface area (Å²) in [5.74, 6) is 1.96. The largest absolute Gasteiger partial charge is 0.497 e. The summed E-state index contributed by atoms with van der Waals surface area (Å²) in [5.41, 5.74) is 5.10. The van der Waals surface area contributed by atoms with Crippen LogP contribution in [-0.4, -0.2) is 46.9 Å². The number of methoxy groups -OCH3 is 2. The second kappa shape index (κ2) is 11.2. The Morgan fingerprint density at radius 3 is 2.44 bits per heavy atom. The van der Waals surface area contributed by atoms with E-state index in [1.807, 2.05) is 83.4 Å². The number of aromatic nitrogens is 3. The van der Waals surface area contributed by atoms with Crippen LogP contribution in [0, 0.1) is 0 Å². The number of para-hydroxylation sites is 1. The Labute approximate surface area is 201 Å². The maximum atomic E-state index is 12.4. The predicted octanol–water partition coefficient (Wildman–Crippen LogP) is 4.19. The number of hydrogen-bond acceptors (Lipinski definition) is 7. The normalized spacial score (nSPS) is 10.9. The molecule has 0 radical (unpaired) electrons. The Morgan fingerprint density at radius 2 is 1.71 bits per heavy atom. The van der Waals surface area contributed by atoms with Crippen LogP contribution in [0.25, 0.3) is 17.1 Å². The first-order valence-electron chi connectivity index (χ1n) is 10.4. The number of hydrogen-bond donors (Lipinski definition) is 1. The molecule has 0 unspecified atom stereocenters. The van der Waals surface area contributed by atoms with Gasteiger partial charge in [-0.05, 0) is 36.4 Å². The van der Waals surface area contributed by atoms with E-state index in [9.17, 15) is 4.79 Å². The minimum Gasteiger partial charge on any atom is -0.497 e. The summed E-state index contributed by atoms with van der Waals surface area (Å²) < 4.78 is 12.5. The van der Waals surface area contributed by atoms with Gasteiger partial charge >= 0.3 is 0 Å². The lowest BCUT2D eigenvalue weighted by Crippen LogP contribution is -2.20. The highest BCUT2D eigenvalue weighted by molar-refractivity contribution is 7.99. The van der Waals surface area contributed by atoms with Crippen molar-refractivity contribution in [3.05, 3.63) is 84.4 Å². The van der Waals surface area contributed by atoms with E-state index in [0.717, 1.165) is 22.6 Å². The number of amides is 1. The summed E-state index contributed by atoms with van der Waals surface area (Å²) in [6.45, 7) is 0. The Bertz CT molecular complexity index is 1270. The predicted molar refractivity (Wildman–Crippen MR) is 133 cm³/mol. The highest BCUT2D eigenvalue weighted by Gasteiger charge is 2.17. The number of nitrogens with one attached hydrogen (secondary N) is 1. The van der Waals surface area contributed by atoms with Crippen molar-refractivity contribution in [3.8, 4) is 28.6 Å². The van der Waals surface area contributed by atoms with Crippen LogP contribution in [0.15, 0.2) is 89.1 Å². The molecule has 0 aliphatic carbocycles. The Morgan fingerprint density at radius 1 is 0.971 bits per heavy atom. The van der Waals surface area contributed by atoms with Crippen LogP contribution < -0.4 is 14.9 Å². The van der Waals surface area contributed by atoms with Crippen molar-refractivity contribution in [1.82, 2.24) is 20.2 Å². The first-order chi connectivity index (χ1) is 16.7. The van der Waals surface area contributed by atoms with Crippen molar-refractivity contribution in [2.24, 2.45) is 5.10 Å². The molecule has 0 atom stereocenters. The topological polar surface area (TPSA) is 90.6 Å². The quantitative estimate of drug-likeness (QED) is 0.223. The molecule has 1 amide bonds. The molecule has 3 aromatic carbocycles. The van der Waals surface area contributed by atoms with Crippen molar-refractivity contribution in [3.63, 3.8) is 0 Å². The number of ether oxygens (including phenoxy) is 2. The van der Waals surface area contributed by atoms with Crippen molar-refractivity contribution in [2.75, 3.05) is 20.0 Å². The van der Waals surface area contributed by atoms with Crippen molar-refractivity contribution >= 4 is 23.9 Å². The van der Waals surface area contributed by atoms with Crippen LogP contribution >= 0.6 is 11.8 Å². The summed E-state index contributed by atoms with van der Waals surface area (Å²) in [4.78, 5) is 12.4. The third-order valence-electron chi connectivity index (χ3n) is 4.86. The van der Waals surface area contributed by atoms with E-state index in [0.29, 0.717) is 16.7 Å². The van der Waals surface area contributed by atoms with Crippen LogP contribution in [-0.2, 0) is 4.79 Å². The molecule has 0 spiro atoms. The first kappa shape index (κ1) is 23.1. The third kappa shape index (κ3) is 5.44. The van der Waals surface area contributed by atoms with E-state index >= 15 is 0 Å². The van der Waals surface area contributed by atoms with Gasteiger partial charge in [0.1, 0.15) is 11.5 Å². The Kier molecular flexibility index (Phi) is 7.56. The van der Waals surface area contributed by atoms with Gasteiger partial charge in [0.15, 0.2) is 11.0 Å². The van der Waals surface area contributed by atoms with Gasteiger partial charge in [-0.3, -0.25) is 9.36 Å². The maximum absolute atomic E-state index is 12.4. The Balaban J connectivity index is 1.50. The monoisotopic (exact) mass is 473 g/mol. The van der Waals surface area contributed by atoms with Gasteiger partial charge in [0.2, 0.25) is 0 Å². The summed E-state index contributed by atoms with van der Waals surface area (Å²) in [6, 6.07) is 24.8. The molecule has 4 rings (SSSR count). The highest BCUT2D eigenvalue weighted by Crippen LogP contribution is 2.28. The van der Waals surface area contributed by atoms with Gasteiger partial charge in [-0.25, -0.2) is 5.43 Å². The fourth-order valence-corrected chi connectivity index (χ4v) is 3.96. The number of thioether (sulfide) groups is 1. The average molecular weight is 474 g/mol. The molecular formula is C25H23N5O3S. The molecule has 8 nitrogen and oxygen atoms in total. The van der Waals surface area contributed by atoms with Gasteiger partial charge in [0.25, 0.3) is 5.91 Å². The van der Waals surface area contributed by atoms with Crippen LogP contribution in [0.1, 0.15) is 5.56 Å². The van der Waals surface area contributed by atoms with E-state index < -0.39 is 0 Å². The number of rotatable bonds is 9. The average Bonchev–Trinajstić information content (AvgIpc) is 3.32. The van der Waals surface area contributed by atoms with E-state index in [1.54, 1.807) is 20.4 Å². The van der Waals surface area contributed by atoms with Gasteiger partial charge in [-0.1, -0.05) is 54.2 Å². The molecule has 0 bridgehead atoms. The molecule has 1 aromatic heterocycles. The third-order valence-corrected chi connectivity index (χ3v) is 5.79. The minimum absolute atomic E-state index is 0.117. The lowest BCUT2D eigenvalue weighted by Gasteiger charge is -2.11. The van der Waals surface area contributed by atoms with Crippen molar-refractivity contribution < 1.29 is 14.3 Å². The summed E-state index contributed by atoms with van der Waals surface area (Å²) in [7, 11) is 3.21. The van der Waals surface area contributed by atoms with Crippen LogP contribution in [0.4, 0.5) is 0 Å². The van der Waals surface area contributed by atoms with E-state index in [4.69, 9.17) is 9.47 Å². The zero-order valence-corrected chi connectivity index (χ0v) is 19.5. The van der Waals surface area contributed by atoms with Gasteiger partial charge in [-0.15, -0.1) is 10.2 Å². The SMILES string of the molecule is COc1ccc(-n2c(SCC(=O)NN=Cc3ccccc3OC)nnc2-c2ccccc2)cc1. The zero-order valence-electron chi connectivity index (χ0n) is 18.7. The molecule has 34 heavy (non-hydrogen) atoms. The maximum Gasteiger partial charge on any atom is 0.250 e. The highest BCUT2D eigenvalue weighted by atomic mass is 32.2. The van der Waals surface area contributed by atoms with Crippen LogP contribution in [0.3, 0.4) is 0 Å². The molecule has 0 saturated heterocycles. The molecule has 1 heterocycles. The molecule has 0 aliphatic heterocycles. The molecular weight excluding hydrogens is 450 g/mol. The lowest BCUT2D eigenvalue weighted by molar-refractivity contribution is -0.118. The number of carbonyl (C=O) groups is 1. The molecule has 0 saturated carbocycles. The lowest BCUT2D eigenvalue weighted by atomic mass is 10.2. The fraction of sp³-hybridized carbons (Fsp3) is 0.120. The second-order valence-electron chi connectivity index (χ2n) is 7.03. The van der Waals surface area contributed by atoms with Gasteiger partial charge in [-0.2, -0.15) is 5.10 Å². The first-order valence-corrected chi connectivity index (χ1v) is 11.4. The van der Waals surface area contributed by atoms with Gasteiger partial charge in [0.05, 0.1) is 26.2 Å². The van der Waals surface area contributed by atoms with Crippen molar-refractivity contribution in [2.45, 2.75) is 5.16 Å². The standard InChI is InChI=1S/C25H23N5O3S/c1-32-21-14-12-20(13-15-21)30-24(18-8-4-3-5-9-18)28-29-25(30)34-17-23(31)27-26-16-19-10-6-7-11-22(19)33-2/h3-16H,17H2,1-2H3,(H,27,31). The number of hydrazone groups is 1. The van der Waals surface area contributed by atoms with E-state index in [-0.39, 0.29) is 11.7 Å². The number of nitrogens with zero attached hydrogens (tertiary/aromatic N) is 4. The summed E-state index contributed by atoms with van der Waals surface area (Å²) in [6.07, 6.45) is 1.55. The van der Waals surface area contributed by atoms with Crippen LogP contribution in [0.5, 0.6) is 11.5 Å². The molecule has 0 aliphatic rings. The number of carbonyl (C=O) groups excluding carboxylic acids is 1. The zero-order chi connectivity index (χ0) is 23.8. The van der Waals surface area contributed by atoms with Gasteiger partial charge in [0, 0.05) is 16.8 Å². The molecule has 9 heteroatoms. The molecule has 172 valence electrons. The minimum atomic E-state index is -0.262.